The number of nitrogens with zero attached hydrogens (tertiary/aromatic N) is 4. The van der Waals surface area contributed by atoms with E-state index in [0.29, 0.717) is 12.1 Å². The lowest BCUT2D eigenvalue weighted by Crippen LogP contribution is -2.53. The molecule has 1 aromatic carbocycles. The number of halogens is 3. The standard InChI is InChI=1S/C28H38F3N5O3/c1-6-35-22-16-36(21(15-17(2)3)25(37)34(5)18-11-13-33(4)14-12-18)26(38)23(22)24(32-27(35)39)19-9-7-8-10-20(19)28(29,30)31/h7-10,17-18,21,24H,6,11-16H2,1-5H3,(H,32,39)/t21-,24+/m1/s1. The van der Waals surface area contributed by atoms with Crippen molar-refractivity contribution >= 4 is 17.8 Å². The van der Waals surface area contributed by atoms with Crippen LogP contribution >= 0.6 is 0 Å². The van der Waals surface area contributed by atoms with Crippen LogP contribution < -0.4 is 5.32 Å². The monoisotopic (exact) mass is 549 g/mol. The van der Waals surface area contributed by atoms with Crippen LogP contribution in [-0.2, 0) is 15.8 Å². The second-order valence-corrected chi connectivity index (χ2v) is 11.1. The van der Waals surface area contributed by atoms with Gasteiger partial charge in [0.1, 0.15) is 6.04 Å². The lowest BCUT2D eigenvalue weighted by atomic mass is 9.91. The van der Waals surface area contributed by atoms with Gasteiger partial charge in [0.25, 0.3) is 5.91 Å². The SMILES string of the molecule is CCN1C(=O)N[C@@H](c2ccccc2C(F)(F)F)C2=C1CN([C@H](CC(C)C)C(=O)N(C)C1CCN(C)CC1)C2=O. The first-order chi connectivity index (χ1) is 18.3. The maximum Gasteiger partial charge on any atom is 0.416 e. The van der Waals surface area contributed by atoms with E-state index in [1.165, 1.54) is 28.0 Å². The molecule has 4 amide bonds. The van der Waals surface area contributed by atoms with Gasteiger partial charge in [-0.15, -0.1) is 0 Å². The number of rotatable bonds is 7. The van der Waals surface area contributed by atoms with Gasteiger partial charge in [0.05, 0.1) is 29.4 Å². The maximum atomic E-state index is 14.1. The van der Waals surface area contributed by atoms with E-state index in [-0.39, 0.29) is 42.1 Å². The summed E-state index contributed by atoms with van der Waals surface area (Å²) in [5, 5.41) is 2.64. The van der Waals surface area contributed by atoms with E-state index in [4.69, 9.17) is 0 Å². The highest BCUT2D eigenvalue weighted by atomic mass is 19.4. The molecule has 1 aromatic rings. The first-order valence-electron chi connectivity index (χ1n) is 13.6. The van der Waals surface area contributed by atoms with Crippen molar-refractivity contribution in [3.05, 3.63) is 46.7 Å². The van der Waals surface area contributed by atoms with Crippen LogP contribution in [0, 0.1) is 5.92 Å². The maximum absolute atomic E-state index is 14.1. The summed E-state index contributed by atoms with van der Waals surface area (Å²) in [4.78, 5) is 47.8. The number of hydrogen-bond acceptors (Lipinski definition) is 4. The molecule has 39 heavy (non-hydrogen) atoms. The van der Waals surface area contributed by atoms with Crippen molar-refractivity contribution in [1.29, 1.82) is 0 Å². The number of likely N-dealkylation sites (N-methyl/N-ethyl adjacent to an activating group) is 2. The van der Waals surface area contributed by atoms with Gasteiger partial charge in [-0.05, 0) is 63.9 Å². The van der Waals surface area contributed by atoms with Gasteiger partial charge in [-0.1, -0.05) is 32.0 Å². The number of likely N-dealkylation sites (tertiary alicyclic amines) is 1. The number of hydrogen-bond donors (Lipinski definition) is 1. The van der Waals surface area contributed by atoms with E-state index in [1.807, 2.05) is 20.9 Å². The lowest BCUT2D eigenvalue weighted by Gasteiger charge is -2.39. The molecule has 0 radical (unpaired) electrons. The van der Waals surface area contributed by atoms with Gasteiger partial charge in [-0.3, -0.25) is 14.5 Å². The van der Waals surface area contributed by atoms with Gasteiger partial charge >= 0.3 is 12.2 Å². The molecule has 3 aliphatic rings. The molecule has 3 heterocycles. The van der Waals surface area contributed by atoms with Gasteiger partial charge < -0.3 is 20.0 Å². The third-order valence-electron chi connectivity index (χ3n) is 8.08. The minimum absolute atomic E-state index is 0.00944. The van der Waals surface area contributed by atoms with Crippen LogP contribution in [0.2, 0.25) is 0 Å². The zero-order valence-corrected chi connectivity index (χ0v) is 23.2. The smallest absolute Gasteiger partial charge is 0.341 e. The molecule has 11 heteroatoms. The lowest BCUT2D eigenvalue weighted by molar-refractivity contribution is -0.144. The fourth-order valence-corrected chi connectivity index (χ4v) is 5.94. The summed E-state index contributed by atoms with van der Waals surface area (Å²) in [5.41, 5.74) is -0.643. The normalized spacial score (nSPS) is 21.9. The number of benzene rings is 1. The van der Waals surface area contributed by atoms with Gasteiger partial charge in [0, 0.05) is 19.6 Å². The number of carbonyl (C=O) groups excluding carboxylic acids is 3. The van der Waals surface area contributed by atoms with Crippen LogP contribution in [0.5, 0.6) is 0 Å². The summed E-state index contributed by atoms with van der Waals surface area (Å²) in [6.07, 6.45) is -2.61. The first-order valence-corrected chi connectivity index (χ1v) is 13.6. The Labute approximate surface area is 227 Å². The Morgan fingerprint density at radius 2 is 1.79 bits per heavy atom. The average Bonchev–Trinajstić information content (AvgIpc) is 3.22. The second kappa shape index (κ2) is 11.2. The molecule has 1 saturated heterocycles. The van der Waals surface area contributed by atoms with E-state index < -0.39 is 35.8 Å². The van der Waals surface area contributed by atoms with Crippen molar-refractivity contribution in [1.82, 2.24) is 24.9 Å². The van der Waals surface area contributed by atoms with Crippen molar-refractivity contribution in [3.8, 4) is 0 Å². The number of alkyl halides is 3. The third kappa shape index (κ3) is 5.64. The van der Waals surface area contributed by atoms with E-state index in [0.717, 1.165) is 32.0 Å². The number of amides is 4. The molecule has 8 nitrogen and oxygen atoms in total. The molecule has 2 atom stereocenters. The Morgan fingerprint density at radius 1 is 1.15 bits per heavy atom. The molecule has 0 spiro atoms. The summed E-state index contributed by atoms with van der Waals surface area (Å²) >= 11 is 0. The molecule has 0 aromatic heterocycles. The quantitative estimate of drug-likeness (QED) is 0.561. The minimum atomic E-state index is -4.67. The molecule has 0 bridgehead atoms. The van der Waals surface area contributed by atoms with E-state index in [1.54, 1.807) is 18.9 Å². The Balaban J connectivity index is 1.71. The number of carbonyl (C=O) groups is 3. The highest BCUT2D eigenvalue weighted by molar-refractivity contribution is 6.03. The molecule has 4 rings (SSSR count). The van der Waals surface area contributed by atoms with E-state index >= 15 is 0 Å². The van der Waals surface area contributed by atoms with Crippen molar-refractivity contribution in [2.45, 2.75) is 64.3 Å². The summed E-state index contributed by atoms with van der Waals surface area (Å²) in [6.45, 7) is 7.64. The number of urea groups is 1. The predicted molar refractivity (Wildman–Crippen MR) is 140 cm³/mol. The van der Waals surface area contributed by atoms with Gasteiger partial charge in [0.2, 0.25) is 5.91 Å². The average molecular weight is 550 g/mol. The third-order valence-corrected chi connectivity index (χ3v) is 8.08. The van der Waals surface area contributed by atoms with Gasteiger partial charge in [-0.25, -0.2) is 4.79 Å². The van der Waals surface area contributed by atoms with Crippen LogP contribution in [0.15, 0.2) is 35.5 Å². The fraction of sp³-hybridized carbons (Fsp3) is 0.607. The fourth-order valence-electron chi connectivity index (χ4n) is 5.94. The summed E-state index contributed by atoms with van der Waals surface area (Å²) in [6, 6.07) is 2.40. The summed E-state index contributed by atoms with van der Waals surface area (Å²) in [7, 11) is 3.81. The molecule has 0 aliphatic carbocycles. The van der Waals surface area contributed by atoms with E-state index in [9.17, 15) is 27.6 Å². The Morgan fingerprint density at radius 3 is 2.38 bits per heavy atom. The Hall–Kier alpha value is -3.08. The number of nitrogens with one attached hydrogen (secondary N) is 1. The molecule has 3 aliphatic heterocycles. The van der Waals surface area contributed by atoms with Crippen LogP contribution in [0.25, 0.3) is 0 Å². The minimum Gasteiger partial charge on any atom is -0.341 e. The molecule has 1 fully saturated rings. The summed E-state index contributed by atoms with van der Waals surface area (Å²) in [5.74, 6) is -0.610. The molecule has 0 unspecified atom stereocenters. The van der Waals surface area contributed by atoms with Gasteiger partial charge in [0.15, 0.2) is 0 Å². The van der Waals surface area contributed by atoms with Crippen molar-refractivity contribution in [3.63, 3.8) is 0 Å². The van der Waals surface area contributed by atoms with Crippen molar-refractivity contribution in [2.24, 2.45) is 5.92 Å². The highest BCUT2D eigenvalue weighted by Crippen LogP contribution is 2.42. The molecule has 214 valence electrons. The topological polar surface area (TPSA) is 76.2 Å². The zero-order chi connectivity index (χ0) is 28.6. The number of piperidine rings is 1. The molecule has 1 N–H and O–H groups in total. The largest absolute Gasteiger partial charge is 0.416 e. The van der Waals surface area contributed by atoms with E-state index in [2.05, 4.69) is 10.2 Å². The predicted octanol–water partition coefficient (Wildman–Crippen LogP) is 3.86. The Kier molecular flexibility index (Phi) is 8.30. The second-order valence-electron chi connectivity index (χ2n) is 11.1. The van der Waals surface area contributed by atoms with Crippen LogP contribution in [0.3, 0.4) is 0 Å². The molecular formula is C28H38F3N5O3. The van der Waals surface area contributed by atoms with Gasteiger partial charge in [-0.2, -0.15) is 13.2 Å². The zero-order valence-electron chi connectivity index (χ0n) is 23.2. The van der Waals surface area contributed by atoms with Crippen molar-refractivity contribution < 1.29 is 27.6 Å². The molecular weight excluding hydrogens is 511 g/mol. The van der Waals surface area contributed by atoms with Crippen LogP contribution in [-0.4, -0.2) is 89.8 Å². The van der Waals surface area contributed by atoms with Crippen LogP contribution in [0.4, 0.5) is 18.0 Å². The van der Waals surface area contributed by atoms with Crippen LogP contribution in [0.1, 0.15) is 57.2 Å². The van der Waals surface area contributed by atoms with Crippen molar-refractivity contribution in [2.75, 3.05) is 40.3 Å². The highest BCUT2D eigenvalue weighted by Gasteiger charge is 2.49. The summed E-state index contributed by atoms with van der Waals surface area (Å²) < 4.78 is 41.8. The molecule has 0 saturated carbocycles. The first kappa shape index (κ1) is 28.9. The Bertz CT molecular complexity index is 1140.